The highest BCUT2D eigenvalue weighted by Crippen LogP contribution is 2.25. The molecule has 4 heterocycles. The Bertz CT molecular complexity index is 1020. The SMILES string of the molecule is O=C(O)C(F)(F)F.O=C(c1cccs1)N1CCc2onc(COc3cccnc3)c2C1. The molecule has 31 heavy (non-hydrogen) atoms. The molecule has 1 N–H and O–H groups in total. The number of hydrogen-bond donors (Lipinski definition) is 1. The van der Waals surface area contributed by atoms with Gasteiger partial charge in [-0.3, -0.25) is 9.78 Å². The lowest BCUT2D eigenvalue weighted by Crippen LogP contribution is -2.35. The second-order valence-electron chi connectivity index (χ2n) is 6.27. The van der Waals surface area contributed by atoms with E-state index in [0.717, 1.165) is 21.9 Å². The van der Waals surface area contributed by atoms with Crippen LogP contribution >= 0.6 is 11.3 Å². The Morgan fingerprint density at radius 1 is 1.29 bits per heavy atom. The van der Waals surface area contributed by atoms with Crippen LogP contribution in [0, 0.1) is 0 Å². The van der Waals surface area contributed by atoms with Crippen LogP contribution < -0.4 is 4.74 Å². The first-order valence-corrected chi connectivity index (χ1v) is 9.75. The summed E-state index contributed by atoms with van der Waals surface area (Å²) in [5.41, 5.74) is 1.69. The van der Waals surface area contributed by atoms with E-state index < -0.39 is 12.1 Å². The van der Waals surface area contributed by atoms with Gasteiger partial charge in [0, 0.05) is 24.7 Å². The molecular weight excluding hydrogens is 439 g/mol. The van der Waals surface area contributed by atoms with Crippen LogP contribution in [0.2, 0.25) is 0 Å². The number of aliphatic carboxylic acids is 1. The second kappa shape index (κ2) is 9.60. The van der Waals surface area contributed by atoms with Gasteiger partial charge in [0.05, 0.1) is 17.6 Å². The zero-order valence-corrected chi connectivity index (χ0v) is 16.7. The number of halogens is 3. The van der Waals surface area contributed by atoms with Crippen molar-refractivity contribution in [1.29, 1.82) is 0 Å². The number of pyridine rings is 1. The number of alkyl halides is 3. The second-order valence-corrected chi connectivity index (χ2v) is 7.21. The van der Waals surface area contributed by atoms with E-state index in [1.807, 2.05) is 34.5 Å². The molecule has 1 amide bonds. The van der Waals surface area contributed by atoms with Gasteiger partial charge in [0.2, 0.25) is 0 Å². The molecule has 0 saturated carbocycles. The molecule has 0 saturated heterocycles. The van der Waals surface area contributed by atoms with Gasteiger partial charge in [-0.15, -0.1) is 11.3 Å². The third-order valence-electron chi connectivity index (χ3n) is 4.18. The quantitative estimate of drug-likeness (QED) is 0.641. The van der Waals surface area contributed by atoms with Gasteiger partial charge < -0.3 is 19.3 Å². The van der Waals surface area contributed by atoms with Gasteiger partial charge in [-0.25, -0.2) is 4.79 Å². The molecule has 1 aliphatic heterocycles. The third-order valence-corrected chi connectivity index (χ3v) is 5.04. The highest BCUT2D eigenvalue weighted by molar-refractivity contribution is 7.12. The standard InChI is InChI=1S/C17H15N3O3S.C2HF3O2/c21-17(16-4-2-8-24-16)20-7-5-15-13(10-20)14(19-23-15)11-22-12-3-1-6-18-9-12;3-2(4,5)1(6)7/h1-4,6,8-9H,5,7,10-11H2;(H,6,7). The molecular formula is C19H16F3N3O5S. The molecule has 0 bridgehead atoms. The van der Waals surface area contributed by atoms with E-state index in [1.165, 1.54) is 11.3 Å². The van der Waals surface area contributed by atoms with E-state index >= 15 is 0 Å². The number of aromatic nitrogens is 2. The number of nitrogens with zero attached hydrogens (tertiary/aromatic N) is 3. The highest BCUT2D eigenvalue weighted by atomic mass is 32.1. The first-order valence-electron chi connectivity index (χ1n) is 8.87. The van der Waals surface area contributed by atoms with Crippen molar-refractivity contribution in [1.82, 2.24) is 15.0 Å². The molecule has 3 aromatic heterocycles. The number of amides is 1. The molecule has 164 valence electrons. The summed E-state index contributed by atoms with van der Waals surface area (Å²) in [5, 5.41) is 13.2. The number of carbonyl (C=O) groups excluding carboxylic acids is 1. The van der Waals surface area contributed by atoms with E-state index in [9.17, 15) is 18.0 Å². The summed E-state index contributed by atoms with van der Waals surface area (Å²) in [7, 11) is 0. The molecule has 0 aromatic carbocycles. The summed E-state index contributed by atoms with van der Waals surface area (Å²) in [6.45, 7) is 1.44. The number of thiophene rings is 1. The molecule has 0 spiro atoms. The Balaban J connectivity index is 0.000000339. The first-order chi connectivity index (χ1) is 14.8. The fourth-order valence-corrected chi connectivity index (χ4v) is 3.38. The van der Waals surface area contributed by atoms with Crippen LogP contribution in [0.4, 0.5) is 13.2 Å². The predicted octanol–water partition coefficient (Wildman–Crippen LogP) is 3.54. The average molecular weight is 455 g/mol. The number of rotatable bonds is 4. The lowest BCUT2D eigenvalue weighted by atomic mass is 10.1. The first kappa shape index (κ1) is 22.3. The Hall–Kier alpha value is -3.41. The largest absolute Gasteiger partial charge is 0.490 e. The van der Waals surface area contributed by atoms with Crippen LogP contribution in [0.5, 0.6) is 5.75 Å². The van der Waals surface area contributed by atoms with Gasteiger partial charge in [-0.2, -0.15) is 13.2 Å². The highest BCUT2D eigenvalue weighted by Gasteiger charge is 2.38. The molecule has 0 aliphatic carbocycles. The third kappa shape index (κ3) is 5.81. The smallest absolute Gasteiger partial charge is 0.486 e. The topological polar surface area (TPSA) is 106 Å². The molecule has 0 unspecified atom stereocenters. The van der Waals surface area contributed by atoms with Gasteiger partial charge in [-0.1, -0.05) is 11.2 Å². The molecule has 4 rings (SSSR count). The van der Waals surface area contributed by atoms with Gasteiger partial charge in [0.15, 0.2) is 0 Å². The average Bonchev–Trinajstić information content (AvgIpc) is 3.42. The number of ether oxygens (including phenoxy) is 1. The summed E-state index contributed by atoms with van der Waals surface area (Å²) in [5.74, 6) is -1.19. The van der Waals surface area contributed by atoms with Crippen molar-refractivity contribution in [3.63, 3.8) is 0 Å². The minimum atomic E-state index is -5.08. The fourth-order valence-electron chi connectivity index (χ4n) is 2.69. The molecule has 0 fully saturated rings. The number of carboxylic acid groups (broad SMARTS) is 1. The van der Waals surface area contributed by atoms with E-state index in [1.54, 1.807) is 12.4 Å². The maximum Gasteiger partial charge on any atom is 0.490 e. The molecule has 3 aromatic rings. The molecule has 1 aliphatic rings. The number of fused-ring (bicyclic) bond motifs is 1. The number of carbonyl (C=O) groups is 2. The number of hydrogen-bond acceptors (Lipinski definition) is 7. The minimum Gasteiger partial charge on any atom is -0.486 e. The Morgan fingerprint density at radius 3 is 2.68 bits per heavy atom. The summed E-state index contributed by atoms with van der Waals surface area (Å²) < 4.78 is 42.8. The van der Waals surface area contributed by atoms with Crippen molar-refractivity contribution in [2.75, 3.05) is 6.54 Å². The lowest BCUT2D eigenvalue weighted by molar-refractivity contribution is -0.192. The lowest BCUT2D eigenvalue weighted by Gasteiger charge is -2.25. The summed E-state index contributed by atoms with van der Waals surface area (Å²) in [6, 6.07) is 7.39. The van der Waals surface area contributed by atoms with Crippen LogP contribution in [0.15, 0.2) is 46.6 Å². The Labute approximate surface area is 177 Å². The molecule has 12 heteroatoms. The predicted molar refractivity (Wildman–Crippen MR) is 102 cm³/mol. The zero-order valence-electron chi connectivity index (χ0n) is 15.8. The monoisotopic (exact) mass is 455 g/mol. The van der Waals surface area contributed by atoms with Crippen molar-refractivity contribution in [3.8, 4) is 5.75 Å². The van der Waals surface area contributed by atoms with E-state index in [2.05, 4.69) is 10.1 Å². The van der Waals surface area contributed by atoms with Crippen molar-refractivity contribution in [3.05, 3.63) is 63.9 Å². The van der Waals surface area contributed by atoms with Gasteiger partial charge in [-0.05, 0) is 23.6 Å². The van der Waals surface area contributed by atoms with Gasteiger partial charge >= 0.3 is 12.1 Å². The van der Waals surface area contributed by atoms with E-state index in [-0.39, 0.29) is 5.91 Å². The van der Waals surface area contributed by atoms with Crippen molar-refractivity contribution in [2.24, 2.45) is 0 Å². The summed E-state index contributed by atoms with van der Waals surface area (Å²) in [6.07, 6.45) is -1.07. The van der Waals surface area contributed by atoms with E-state index in [4.69, 9.17) is 19.2 Å². The molecule has 0 radical (unpaired) electrons. The van der Waals surface area contributed by atoms with Crippen LogP contribution in [-0.2, 0) is 24.4 Å². The van der Waals surface area contributed by atoms with Crippen molar-refractivity contribution < 1.29 is 37.1 Å². The fraction of sp³-hybridized carbons (Fsp3) is 0.263. The maximum atomic E-state index is 12.5. The normalized spacial score (nSPS) is 13.1. The molecule has 8 nitrogen and oxygen atoms in total. The Morgan fingerprint density at radius 2 is 2.06 bits per heavy atom. The van der Waals surface area contributed by atoms with Gasteiger partial charge in [0.25, 0.3) is 5.91 Å². The van der Waals surface area contributed by atoms with Crippen molar-refractivity contribution >= 4 is 23.2 Å². The summed E-state index contributed by atoms with van der Waals surface area (Å²) in [4.78, 5) is 28.0. The number of carboxylic acids is 1. The van der Waals surface area contributed by atoms with Crippen LogP contribution in [0.1, 0.15) is 26.7 Å². The van der Waals surface area contributed by atoms with Crippen LogP contribution in [-0.4, -0.2) is 44.7 Å². The Kier molecular flexibility index (Phi) is 6.90. The van der Waals surface area contributed by atoms with Gasteiger partial charge in [0.1, 0.15) is 23.8 Å². The minimum absolute atomic E-state index is 0.0518. The van der Waals surface area contributed by atoms with Crippen LogP contribution in [0.3, 0.4) is 0 Å². The van der Waals surface area contributed by atoms with Crippen molar-refractivity contribution in [2.45, 2.75) is 25.7 Å². The van der Waals surface area contributed by atoms with Crippen LogP contribution in [0.25, 0.3) is 0 Å². The maximum absolute atomic E-state index is 12.5. The zero-order chi connectivity index (χ0) is 22.4. The summed E-state index contributed by atoms with van der Waals surface area (Å²) >= 11 is 1.46. The van der Waals surface area contributed by atoms with E-state index in [0.29, 0.717) is 31.9 Å². The molecule has 0 atom stereocenters.